The first-order valence-electron chi connectivity index (χ1n) is 5.74. The van der Waals surface area contributed by atoms with Gasteiger partial charge in [0.25, 0.3) is 0 Å². The van der Waals surface area contributed by atoms with Crippen molar-refractivity contribution in [3.05, 3.63) is 0 Å². The fourth-order valence-electron chi connectivity index (χ4n) is 1.27. The summed E-state index contributed by atoms with van der Waals surface area (Å²) in [6, 6.07) is 0. The summed E-state index contributed by atoms with van der Waals surface area (Å²) in [5.74, 6) is 0.132. The summed E-state index contributed by atoms with van der Waals surface area (Å²) in [4.78, 5) is 23.7. The van der Waals surface area contributed by atoms with Crippen molar-refractivity contribution in [1.29, 1.82) is 0 Å². The van der Waals surface area contributed by atoms with Crippen LogP contribution in [0.15, 0.2) is 0 Å². The standard InChI is InChI=1S/C13H24O2/c1-7-13(6,8-2)11(15)9-10(14)12(3,4)5/h7-9H2,1-6H3. The summed E-state index contributed by atoms with van der Waals surface area (Å²) in [7, 11) is 0. The van der Waals surface area contributed by atoms with E-state index in [1.165, 1.54) is 0 Å². The molecule has 0 N–H and O–H groups in total. The molecular weight excluding hydrogens is 188 g/mol. The molecule has 0 aliphatic carbocycles. The minimum Gasteiger partial charge on any atom is -0.299 e. The Morgan fingerprint density at radius 2 is 1.27 bits per heavy atom. The summed E-state index contributed by atoms with van der Waals surface area (Å²) in [6.45, 7) is 11.5. The molecule has 0 amide bonds. The van der Waals surface area contributed by atoms with Gasteiger partial charge in [0.05, 0.1) is 6.42 Å². The van der Waals surface area contributed by atoms with Crippen molar-refractivity contribution in [1.82, 2.24) is 0 Å². The van der Waals surface area contributed by atoms with E-state index in [0.29, 0.717) is 0 Å². The van der Waals surface area contributed by atoms with Crippen LogP contribution >= 0.6 is 0 Å². The van der Waals surface area contributed by atoms with Gasteiger partial charge in [-0.3, -0.25) is 9.59 Å². The van der Waals surface area contributed by atoms with Gasteiger partial charge < -0.3 is 0 Å². The first-order chi connectivity index (χ1) is 6.67. The number of ketones is 2. The SMILES string of the molecule is CCC(C)(CC)C(=O)CC(=O)C(C)(C)C. The molecule has 0 bridgehead atoms. The second kappa shape index (κ2) is 4.91. The van der Waals surface area contributed by atoms with Crippen LogP contribution < -0.4 is 0 Å². The summed E-state index contributed by atoms with van der Waals surface area (Å²) in [5.41, 5.74) is -0.723. The van der Waals surface area contributed by atoms with Gasteiger partial charge >= 0.3 is 0 Å². The van der Waals surface area contributed by atoms with Crippen molar-refractivity contribution in [2.24, 2.45) is 10.8 Å². The van der Waals surface area contributed by atoms with E-state index in [2.05, 4.69) is 0 Å². The normalized spacial score (nSPS) is 12.7. The molecule has 0 spiro atoms. The Morgan fingerprint density at radius 1 is 0.867 bits per heavy atom. The van der Waals surface area contributed by atoms with E-state index in [1.807, 2.05) is 41.5 Å². The molecule has 0 aromatic heterocycles. The Hall–Kier alpha value is -0.660. The highest BCUT2D eigenvalue weighted by Gasteiger charge is 2.33. The van der Waals surface area contributed by atoms with E-state index < -0.39 is 5.41 Å². The van der Waals surface area contributed by atoms with Crippen LogP contribution in [0, 0.1) is 10.8 Å². The first-order valence-corrected chi connectivity index (χ1v) is 5.74. The zero-order valence-electron chi connectivity index (χ0n) is 10.9. The number of rotatable bonds is 5. The highest BCUT2D eigenvalue weighted by atomic mass is 16.1. The van der Waals surface area contributed by atoms with Crippen molar-refractivity contribution >= 4 is 11.6 Å². The molecule has 0 unspecified atom stereocenters. The van der Waals surface area contributed by atoms with E-state index in [-0.39, 0.29) is 23.4 Å². The minimum atomic E-state index is -0.405. The van der Waals surface area contributed by atoms with E-state index in [1.54, 1.807) is 0 Å². The van der Waals surface area contributed by atoms with Gasteiger partial charge in [0, 0.05) is 10.8 Å². The summed E-state index contributed by atoms with van der Waals surface area (Å²) >= 11 is 0. The van der Waals surface area contributed by atoms with Crippen LogP contribution in [-0.2, 0) is 9.59 Å². The highest BCUT2D eigenvalue weighted by molar-refractivity contribution is 6.03. The Morgan fingerprint density at radius 3 is 1.53 bits per heavy atom. The molecule has 0 rings (SSSR count). The molecule has 0 fully saturated rings. The maximum Gasteiger partial charge on any atom is 0.146 e. The van der Waals surface area contributed by atoms with Crippen LogP contribution in [0.4, 0.5) is 0 Å². The van der Waals surface area contributed by atoms with Gasteiger partial charge in [-0.1, -0.05) is 41.5 Å². The van der Waals surface area contributed by atoms with E-state index >= 15 is 0 Å². The monoisotopic (exact) mass is 212 g/mol. The molecule has 0 aromatic carbocycles. The summed E-state index contributed by atoms with van der Waals surface area (Å²) < 4.78 is 0. The predicted octanol–water partition coefficient (Wildman–Crippen LogP) is 3.39. The number of hydrogen-bond acceptors (Lipinski definition) is 2. The maximum atomic E-state index is 12.0. The lowest BCUT2D eigenvalue weighted by Crippen LogP contribution is -2.32. The van der Waals surface area contributed by atoms with Gasteiger partial charge in [-0.05, 0) is 12.8 Å². The molecule has 0 saturated heterocycles. The lowest BCUT2D eigenvalue weighted by atomic mass is 9.76. The summed E-state index contributed by atoms with van der Waals surface area (Å²) in [6.07, 6.45) is 1.70. The van der Waals surface area contributed by atoms with Gasteiger partial charge in [-0.15, -0.1) is 0 Å². The lowest BCUT2D eigenvalue weighted by Gasteiger charge is -2.26. The van der Waals surface area contributed by atoms with Gasteiger partial charge in [0.2, 0.25) is 0 Å². The third kappa shape index (κ3) is 3.77. The molecule has 2 nitrogen and oxygen atoms in total. The van der Waals surface area contributed by atoms with E-state index in [4.69, 9.17) is 0 Å². The molecule has 2 heteroatoms. The Balaban J connectivity index is 4.57. The number of hydrogen-bond donors (Lipinski definition) is 0. The number of carbonyl (C=O) groups is 2. The molecular formula is C13H24O2. The van der Waals surface area contributed by atoms with Gasteiger partial charge in [0.15, 0.2) is 0 Å². The van der Waals surface area contributed by atoms with Crippen molar-refractivity contribution < 1.29 is 9.59 Å². The third-order valence-electron chi connectivity index (χ3n) is 3.39. The molecule has 0 atom stereocenters. The van der Waals surface area contributed by atoms with E-state index in [0.717, 1.165) is 12.8 Å². The van der Waals surface area contributed by atoms with Gasteiger partial charge in [0.1, 0.15) is 11.6 Å². The third-order valence-corrected chi connectivity index (χ3v) is 3.39. The van der Waals surface area contributed by atoms with Crippen LogP contribution in [0.5, 0.6) is 0 Å². The molecule has 0 aliphatic heterocycles. The zero-order chi connectivity index (χ0) is 12.3. The number of Topliss-reactive ketones (excluding diaryl/α,β-unsaturated/α-hetero) is 2. The average molecular weight is 212 g/mol. The van der Waals surface area contributed by atoms with Gasteiger partial charge in [-0.2, -0.15) is 0 Å². The van der Waals surface area contributed by atoms with Crippen molar-refractivity contribution in [3.8, 4) is 0 Å². The first kappa shape index (κ1) is 14.3. The Kier molecular flexibility index (Phi) is 4.69. The molecule has 0 saturated carbocycles. The molecule has 0 aromatic rings. The quantitative estimate of drug-likeness (QED) is 0.655. The predicted molar refractivity (Wildman–Crippen MR) is 62.8 cm³/mol. The number of carbonyl (C=O) groups excluding carboxylic acids is 2. The van der Waals surface area contributed by atoms with Gasteiger partial charge in [-0.25, -0.2) is 0 Å². The molecule has 0 radical (unpaired) electrons. The smallest absolute Gasteiger partial charge is 0.146 e. The van der Waals surface area contributed by atoms with Crippen LogP contribution in [-0.4, -0.2) is 11.6 Å². The highest BCUT2D eigenvalue weighted by Crippen LogP contribution is 2.29. The fraction of sp³-hybridized carbons (Fsp3) is 0.846. The van der Waals surface area contributed by atoms with Crippen LogP contribution in [0.2, 0.25) is 0 Å². The Labute approximate surface area is 93.4 Å². The van der Waals surface area contributed by atoms with Crippen molar-refractivity contribution in [2.75, 3.05) is 0 Å². The fourth-order valence-corrected chi connectivity index (χ4v) is 1.27. The second-order valence-corrected chi connectivity index (χ2v) is 5.54. The van der Waals surface area contributed by atoms with Crippen molar-refractivity contribution in [2.45, 2.75) is 60.8 Å². The molecule has 0 heterocycles. The topological polar surface area (TPSA) is 34.1 Å². The zero-order valence-corrected chi connectivity index (χ0v) is 10.9. The second-order valence-electron chi connectivity index (χ2n) is 5.54. The van der Waals surface area contributed by atoms with Crippen LogP contribution in [0.3, 0.4) is 0 Å². The molecule has 15 heavy (non-hydrogen) atoms. The van der Waals surface area contributed by atoms with Crippen LogP contribution in [0.1, 0.15) is 60.8 Å². The molecule has 88 valence electrons. The van der Waals surface area contributed by atoms with Crippen molar-refractivity contribution in [3.63, 3.8) is 0 Å². The largest absolute Gasteiger partial charge is 0.299 e. The van der Waals surface area contributed by atoms with E-state index in [9.17, 15) is 9.59 Å². The lowest BCUT2D eigenvalue weighted by molar-refractivity contribution is -0.136. The average Bonchev–Trinajstić information content (AvgIpc) is 2.14. The molecule has 0 aliphatic rings. The minimum absolute atomic E-state index is 0.0422. The van der Waals surface area contributed by atoms with Crippen LogP contribution in [0.25, 0.3) is 0 Å². The maximum absolute atomic E-state index is 12.0. The summed E-state index contributed by atoms with van der Waals surface area (Å²) in [5, 5.41) is 0. The Bertz CT molecular complexity index is 242.